The number of alkyl carbamates (subject to hydrolysis) is 1. The monoisotopic (exact) mass is 416 g/mol. The van der Waals surface area contributed by atoms with E-state index < -0.39 is 23.7 Å². The fourth-order valence-corrected chi connectivity index (χ4v) is 3.43. The molecule has 160 valence electrons. The van der Waals surface area contributed by atoms with Gasteiger partial charge in [-0.05, 0) is 39.3 Å². The van der Waals surface area contributed by atoms with Crippen LogP contribution in [0.15, 0.2) is 30.6 Å². The number of nitrogens with one attached hydrogen (secondary N) is 1. The number of nitrogens with zero attached hydrogens (tertiary/aromatic N) is 3. The molecule has 9 heteroatoms. The summed E-state index contributed by atoms with van der Waals surface area (Å²) in [5.41, 5.74) is 0.702. The fourth-order valence-electron chi connectivity index (χ4n) is 3.43. The van der Waals surface area contributed by atoms with Crippen LogP contribution >= 0.6 is 0 Å². The molecule has 2 atom stereocenters. The zero-order chi connectivity index (χ0) is 22.1. The minimum absolute atomic E-state index is 0.0253. The van der Waals surface area contributed by atoms with Crippen LogP contribution in [0.1, 0.15) is 48.2 Å². The maximum atomic E-state index is 14.6. The molecule has 1 aromatic heterocycles. The summed E-state index contributed by atoms with van der Waals surface area (Å²) in [6.45, 7) is 7.85. The summed E-state index contributed by atoms with van der Waals surface area (Å²) in [6, 6.07) is 4.42. The normalized spacial score (nSPS) is 18.9. The van der Waals surface area contributed by atoms with E-state index in [4.69, 9.17) is 9.84 Å². The first kappa shape index (κ1) is 21.5. The number of carbonyl (C=O) groups is 2. The molecule has 0 radical (unpaired) electrons. The summed E-state index contributed by atoms with van der Waals surface area (Å²) < 4.78 is 20.0. The Labute approximate surface area is 174 Å². The number of rotatable bonds is 4. The van der Waals surface area contributed by atoms with Crippen LogP contribution < -0.4 is 10.2 Å². The second kappa shape index (κ2) is 8.25. The van der Waals surface area contributed by atoms with Crippen molar-refractivity contribution >= 4 is 18.0 Å². The highest BCUT2D eigenvalue weighted by Crippen LogP contribution is 2.32. The Balaban J connectivity index is 1.88. The van der Waals surface area contributed by atoms with Gasteiger partial charge in [-0.15, -0.1) is 0 Å². The molecule has 0 spiro atoms. The summed E-state index contributed by atoms with van der Waals surface area (Å²) >= 11 is 0. The molecule has 1 aliphatic heterocycles. The van der Waals surface area contributed by atoms with E-state index in [1.165, 1.54) is 18.5 Å². The van der Waals surface area contributed by atoms with Crippen LogP contribution in [-0.4, -0.2) is 51.9 Å². The molecule has 1 fully saturated rings. The Kier molecular flexibility index (Phi) is 5.91. The van der Waals surface area contributed by atoms with E-state index in [2.05, 4.69) is 15.3 Å². The Morgan fingerprint density at radius 3 is 2.50 bits per heavy atom. The Morgan fingerprint density at radius 1 is 1.23 bits per heavy atom. The zero-order valence-corrected chi connectivity index (χ0v) is 17.3. The maximum Gasteiger partial charge on any atom is 0.407 e. The van der Waals surface area contributed by atoms with Gasteiger partial charge in [-0.3, -0.25) is 0 Å². The molecule has 0 aliphatic carbocycles. The van der Waals surface area contributed by atoms with Crippen molar-refractivity contribution < 1.29 is 23.8 Å². The van der Waals surface area contributed by atoms with E-state index in [9.17, 15) is 14.0 Å². The van der Waals surface area contributed by atoms with E-state index >= 15 is 0 Å². The number of anilines is 1. The number of amides is 1. The first-order valence-corrected chi connectivity index (χ1v) is 9.59. The lowest BCUT2D eigenvalue weighted by atomic mass is 9.92. The van der Waals surface area contributed by atoms with Crippen molar-refractivity contribution in [2.24, 2.45) is 0 Å². The maximum absolute atomic E-state index is 14.6. The van der Waals surface area contributed by atoms with Crippen LogP contribution in [0.25, 0.3) is 0 Å². The molecule has 1 aromatic carbocycles. The molecule has 0 bridgehead atoms. The number of carboxylic acid groups (broad SMARTS) is 1. The van der Waals surface area contributed by atoms with Crippen molar-refractivity contribution in [2.75, 3.05) is 18.0 Å². The number of ether oxygens (including phenoxy) is 1. The van der Waals surface area contributed by atoms with Gasteiger partial charge < -0.3 is 20.1 Å². The van der Waals surface area contributed by atoms with Crippen molar-refractivity contribution in [3.63, 3.8) is 0 Å². The topological polar surface area (TPSA) is 105 Å². The van der Waals surface area contributed by atoms with Gasteiger partial charge >= 0.3 is 12.1 Å². The molecule has 2 heterocycles. The Morgan fingerprint density at radius 2 is 1.90 bits per heavy atom. The van der Waals surface area contributed by atoms with Crippen LogP contribution in [0, 0.1) is 12.7 Å². The van der Waals surface area contributed by atoms with Crippen molar-refractivity contribution in [1.82, 2.24) is 15.3 Å². The molecule has 0 saturated carbocycles. The first-order chi connectivity index (χ1) is 14.0. The van der Waals surface area contributed by atoms with E-state index in [1.54, 1.807) is 37.8 Å². The van der Waals surface area contributed by atoms with Gasteiger partial charge in [0.25, 0.3) is 0 Å². The highest BCUT2D eigenvalue weighted by Gasteiger charge is 2.38. The number of aryl methyl sites for hydroxylation is 1. The van der Waals surface area contributed by atoms with Gasteiger partial charge in [0, 0.05) is 31.4 Å². The highest BCUT2D eigenvalue weighted by molar-refractivity contribution is 5.86. The minimum Gasteiger partial charge on any atom is -0.478 e. The summed E-state index contributed by atoms with van der Waals surface area (Å²) in [5, 5.41) is 11.9. The number of halogens is 1. The molecule has 1 aliphatic rings. The Hall–Kier alpha value is -3.23. The van der Waals surface area contributed by atoms with E-state index in [-0.39, 0.29) is 17.3 Å². The lowest BCUT2D eigenvalue weighted by Crippen LogP contribution is -2.43. The minimum atomic E-state index is -1.12. The largest absolute Gasteiger partial charge is 0.478 e. The smallest absolute Gasteiger partial charge is 0.407 e. The van der Waals surface area contributed by atoms with Crippen LogP contribution in [0.3, 0.4) is 0 Å². The molecule has 2 unspecified atom stereocenters. The quantitative estimate of drug-likeness (QED) is 0.789. The number of carboxylic acids is 1. The number of aromatic nitrogens is 2. The number of carbonyl (C=O) groups excluding carboxylic acids is 1. The average molecular weight is 416 g/mol. The van der Waals surface area contributed by atoms with Crippen LogP contribution in [0.5, 0.6) is 0 Å². The van der Waals surface area contributed by atoms with Crippen molar-refractivity contribution in [1.29, 1.82) is 0 Å². The van der Waals surface area contributed by atoms with Gasteiger partial charge in [0.1, 0.15) is 11.4 Å². The Bertz CT molecular complexity index is 943. The highest BCUT2D eigenvalue weighted by atomic mass is 19.1. The second-order valence-electron chi connectivity index (χ2n) is 8.37. The number of hydrogen-bond acceptors (Lipinski definition) is 6. The van der Waals surface area contributed by atoms with Crippen LogP contribution in [0.2, 0.25) is 0 Å². The standard InChI is InChI=1S/C21H25FN4O4/c1-12-5-6-16(22)14(7-12)15-10-26(19-23-8-13(9-24-19)18(27)28)11-17(15)25-20(29)30-21(2,3)4/h5-9,15,17H,10-11H2,1-4H3,(H,25,29)(H,27,28). The average Bonchev–Trinajstić information content (AvgIpc) is 3.05. The zero-order valence-electron chi connectivity index (χ0n) is 17.3. The number of hydrogen-bond donors (Lipinski definition) is 2. The van der Waals surface area contributed by atoms with E-state index in [0.717, 1.165) is 5.56 Å². The van der Waals surface area contributed by atoms with Crippen molar-refractivity contribution in [3.05, 3.63) is 53.1 Å². The van der Waals surface area contributed by atoms with Crippen LogP contribution in [-0.2, 0) is 4.74 Å². The molecular formula is C21H25FN4O4. The molecule has 30 heavy (non-hydrogen) atoms. The third kappa shape index (κ3) is 5.03. The fraction of sp³-hybridized carbons (Fsp3) is 0.429. The van der Waals surface area contributed by atoms with Crippen LogP contribution in [0.4, 0.5) is 15.1 Å². The summed E-state index contributed by atoms with van der Waals surface area (Å²) in [5.74, 6) is -1.52. The number of benzene rings is 1. The SMILES string of the molecule is Cc1ccc(F)c(C2CN(c3ncc(C(=O)O)cn3)CC2NC(=O)OC(C)(C)C)c1. The van der Waals surface area contributed by atoms with Gasteiger partial charge in [0.15, 0.2) is 0 Å². The molecule has 2 aromatic rings. The summed E-state index contributed by atoms with van der Waals surface area (Å²) in [6.07, 6.45) is 1.86. The lowest BCUT2D eigenvalue weighted by Gasteiger charge is -2.24. The summed E-state index contributed by atoms with van der Waals surface area (Å²) in [7, 11) is 0. The predicted molar refractivity (Wildman–Crippen MR) is 108 cm³/mol. The van der Waals surface area contributed by atoms with Gasteiger partial charge in [-0.25, -0.2) is 23.9 Å². The van der Waals surface area contributed by atoms with Gasteiger partial charge in [-0.2, -0.15) is 0 Å². The molecule has 1 amide bonds. The van der Waals surface area contributed by atoms with Crippen molar-refractivity contribution in [2.45, 2.75) is 45.3 Å². The molecule has 8 nitrogen and oxygen atoms in total. The second-order valence-corrected chi connectivity index (χ2v) is 8.37. The van der Waals surface area contributed by atoms with Gasteiger partial charge in [0.2, 0.25) is 5.95 Å². The van der Waals surface area contributed by atoms with Crippen molar-refractivity contribution in [3.8, 4) is 0 Å². The molecule has 2 N–H and O–H groups in total. The van der Waals surface area contributed by atoms with Gasteiger partial charge in [0.05, 0.1) is 11.6 Å². The molecular weight excluding hydrogens is 391 g/mol. The molecule has 1 saturated heterocycles. The third-order valence-corrected chi connectivity index (χ3v) is 4.74. The third-order valence-electron chi connectivity index (χ3n) is 4.74. The number of aromatic carboxylic acids is 1. The first-order valence-electron chi connectivity index (χ1n) is 9.59. The lowest BCUT2D eigenvalue weighted by molar-refractivity contribution is 0.0504. The van der Waals surface area contributed by atoms with E-state index in [0.29, 0.717) is 24.6 Å². The van der Waals surface area contributed by atoms with Gasteiger partial charge in [-0.1, -0.05) is 17.7 Å². The predicted octanol–water partition coefficient (Wildman–Crippen LogP) is 3.12. The molecule has 3 rings (SSSR count). The summed E-state index contributed by atoms with van der Waals surface area (Å²) in [4.78, 5) is 33.4. The van der Waals surface area contributed by atoms with E-state index in [1.807, 2.05) is 6.92 Å².